The zero-order chi connectivity index (χ0) is 10.7. The summed E-state index contributed by atoms with van der Waals surface area (Å²) in [6.45, 7) is 0.811. The first-order chi connectivity index (χ1) is 7.29. The molecule has 2 atom stereocenters. The summed E-state index contributed by atoms with van der Waals surface area (Å²) < 4.78 is 5.21. The Kier molecular flexibility index (Phi) is 3.14. The molecule has 0 unspecified atom stereocenters. The summed E-state index contributed by atoms with van der Waals surface area (Å²) in [4.78, 5) is 11.6. The van der Waals surface area contributed by atoms with E-state index >= 15 is 0 Å². The number of ketones is 1. The summed E-state index contributed by atoms with van der Waals surface area (Å²) in [7, 11) is 0. The van der Waals surface area contributed by atoms with E-state index in [9.17, 15) is 9.90 Å². The van der Waals surface area contributed by atoms with Crippen LogP contribution in [0.15, 0.2) is 30.3 Å². The largest absolute Gasteiger partial charge is 0.388 e. The average molecular weight is 206 g/mol. The summed E-state index contributed by atoms with van der Waals surface area (Å²) in [5.74, 6) is -0.307. The van der Waals surface area contributed by atoms with E-state index in [2.05, 4.69) is 0 Å². The van der Waals surface area contributed by atoms with Crippen molar-refractivity contribution in [3.05, 3.63) is 35.9 Å². The Morgan fingerprint density at radius 2 is 2.07 bits per heavy atom. The normalized spacial score (nSPS) is 23.8. The molecule has 0 aliphatic carbocycles. The van der Waals surface area contributed by atoms with Crippen molar-refractivity contribution in [2.75, 3.05) is 13.2 Å². The average Bonchev–Trinajstić information content (AvgIpc) is 2.30. The molecule has 0 radical (unpaired) electrons. The van der Waals surface area contributed by atoms with Gasteiger partial charge in [-0.1, -0.05) is 30.3 Å². The number of Topliss-reactive ketones (excluding diaryl/α,β-unsaturated/α-hetero) is 1. The molecule has 1 N–H and O–H groups in total. The number of carbonyl (C=O) groups excluding carboxylic acids is 1. The van der Waals surface area contributed by atoms with Crippen LogP contribution in [0, 0.1) is 5.92 Å². The topological polar surface area (TPSA) is 46.5 Å². The Morgan fingerprint density at radius 3 is 2.73 bits per heavy atom. The highest BCUT2D eigenvalue weighted by molar-refractivity contribution is 5.82. The molecular formula is C12H14O3. The maximum Gasteiger partial charge on any atom is 0.143 e. The summed E-state index contributed by atoms with van der Waals surface area (Å²) in [5.41, 5.74) is 0.779. The molecule has 0 amide bonds. The minimum Gasteiger partial charge on any atom is -0.388 e. The molecule has 0 aromatic heterocycles. The van der Waals surface area contributed by atoms with Gasteiger partial charge in [-0.05, 0) is 5.56 Å². The molecule has 3 nitrogen and oxygen atoms in total. The van der Waals surface area contributed by atoms with E-state index in [1.165, 1.54) is 0 Å². The predicted octanol–water partition coefficient (Wildman–Crippen LogP) is 1.33. The van der Waals surface area contributed by atoms with Gasteiger partial charge in [0.25, 0.3) is 0 Å². The molecule has 1 heterocycles. The lowest BCUT2D eigenvalue weighted by Gasteiger charge is -2.25. The van der Waals surface area contributed by atoms with Crippen molar-refractivity contribution in [2.45, 2.75) is 12.5 Å². The van der Waals surface area contributed by atoms with Gasteiger partial charge in [0.05, 0.1) is 25.2 Å². The summed E-state index contributed by atoms with van der Waals surface area (Å²) in [5, 5.41) is 10.0. The second kappa shape index (κ2) is 4.55. The highest BCUT2D eigenvalue weighted by atomic mass is 16.5. The predicted molar refractivity (Wildman–Crippen MR) is 55.3 cm³/mol. The second-order valence-corrected chi connectivity index (χ2v) is 3.75. The molecular weight excluding hydrogens is 192 g/mol. The fourth-order valence-electron chi connectivity index (χ4n) is 1.81. The van der Waals surface area contributed by atoms with Gasteiger partial charge >= 0.3 is 0 Å². The van der Waals surface area contributed by atoms with Crippen LogP contribution in [0.5, 0.6) is 0 Å². The monoisotopic (exact) mass is 206 g/mol. The maximum absolute atomic E-state index is 11.6. The standard InChI is InChI=1S/C12H14O3/c13-11-6-7-15-8-10(11)12(14)9-4-2-1-3-5-9/h1-5,10,12,14H,6-8H2/t10-,12+/m1/s1. The third-order valence-corrected chi connectivity index (χ3v) is 2.73. The van der Waals surface area contributed by atoms with Crippen LogP contribution in [-0.4, -0.2) is 24.1 Å². The molecule has 2 rings (SSSR count). The Hall–Kier alpha value is -1.19. The first-order valence-electron chi connectivity index (χ1n) is 5.12. The van der Waals surface area contributed by atoms with Crippen molar-refractivity contribution in [2.24, 2.45) is 5.92 Å². The van der Waals surface area contributed by atoms with Crippen LogP contribution in [0.25, 0.3) is 0 Å². The Morgan fingerprint density at radius 1 is 1.33 bits per heavy atom. The maximum atomic E-state index is 11.6. The number of rotatable bonds is 2. The van der Waals surface area contributed by atoms with Crippen LogP contribution >= 0.6 is 0 Å². The molecule has 80 valence electrons. The number of hydrogen-bond donors (Lipinski definition) is 1. The highest BCUT2D eigenvalue weighted by Crippen LogP contribution is 2.26. The molecule has 1 aliphatic rings. The van der Waals surface area contributed by atoms with Crippen LogP contribution < -0.4 is 0 Å². The molecule has 1 fully saturated rings. The van der Waals surface area contributed by atoms with Crippen LogP contribution in [-0.2, 0) is 9.53 Å². The summed E-state index contributed by atoms with van der Waals surface area (Å²) in [6.07, 6.45) is -0.326. The molecule has 1 aromatic carbocycles. The fraction of sp³-hybridized carbons (Fsp3) is 0.417. The molecule has 1 saturated heterocycles. The number of aliphatic hydroxyl groups is 1. The SMILES string of the molecule is O=C1CCOC[C@H]1[C@@H](O)c1ccccc1. The van der Waals surface area contributed by atoms with E-state index < -0.39 is 12.0 Å². The van der Waals surface area contributed by atoms with Crippen molar-refractivity contribution in [3.63, 3.8) is 0 Å². The summed E-state index contributed by atoms with van der Waals surface area (Å²) in [6, 6.07) is 9.24. The number of aliphatic hydroxyl groups excluding tert-OH is 1. The molecule has 0 bridgehead atoms. The van der Waals surface area contributed by atoms with Crippen molar-refractivity contribution >= 4 is 5.78 Å². The number of hydrogen-bond acceptors (Lipinski definition) is 3. The lowest BCUT2D eigenvalue weighted by atomic mass is 9.90. The summed E-state index contributed by atoms with van der Waals surface area (Å²) >= 11 is 0. The second-order valence-electron chi connectivity index (χ2n) is 3.75. The number of carbonyl (C=O) groups is 1. The third-order valence-electron chi connectivity index (χ3n) is 2.73. The van der Waals surface area contributed by atoms with Crippen LogP contribution in [0.1, 0.15) is 18.1 Å². The van der Waals surface area contributed by atoms with Gasteiger partial charge < -0.3 is 9.84 Å². The van der Waals surface area contributed by atoms with Gasteiger partial charge in [0, 0.05) is 6.42 Å². The Bertz CT molecular complexity index is 334. The van der Waals surface area contributed by atoms with Crippen molar-refractivity contribution in [1.82, 2.24) is 0 Å². The van der Waals surface area contributed by atoms with E-state index in [0.717, 1.165) is 5.56 Å². The number of benzene rings is 1. The zero-order valence-electron chi connectivity index (χ0n) is 8.43. The fourth-order valence-corrected chi connectivity index (χ4v) is 1.81. The molecule has 1 aliphatic heterocycles. The van der Waals surface area contributed by atoms with Gasteiger partial charge in [-0.25, -0.2) is 0 Å². The van der Waals surface area contributed by atoms with Gasteiger partial charge in [0.2, 0.25) is 0 Å². The molecule has 0 spiro atoms. The van der Waals surface area contributed by atoms with E-state index in [4.69, 9.17) is 4.74 Å². The molecule has 0 saturated carbocycles. The van der Waals surface area contributed by atoms with Gasteiger partial charge in [0.1, 0.15) is 5.78 Å². The van der Waals surface area contributed by atoms with Gasteiger partial charge in [-0.3, -0.25) is 4.79 Å². The highest BCUT2D eigenvalue weighted by Gasteiger charge is 2.30. The van der Waals surface area contributed by atoms with Crippen LogP contribution in [0.2, 0.25) is 0 Å². The van der Waals surface area contributed by atoms with Crippen molar-refractivity contribution in [1.29, 1.82) is 0 Å². The van der Waals surface area contributed by atoms with E-state index in [-0.39, 0.29) is 5.78 Å². The Labute approximate surface area is 88.7 Å². The van der Waals surface area contributed by atoms with Crippen LogP contribution in [0.4, 0.5) is 0 Å². The van der Waals surface area contributed by atoms with E-state index in [1.54, 1.807) is 0 Å². The first kappa shape index (κ1) is 10.3. The Balaban J connectivity index is 2.13. The van der Waals surface area contributed by atoms with E-state index in [1.807, 2.05) is 30.3 Å². The van der Waals surface area contributed by atoms with Crippen molar-refractivity contribution in [3.8, 4) is 0 Å². The minimum atomic E-state index is -0.737. The molecule has 3 heteroatoms. The number of ether oxygens (including phenoxy) is 1. The third kappa shape index (κ3) is 2.25. The quantitative estimate of drug-likeness (QED) is 0.794. The van der Waals surface area contributed by atoms with Gasteiger partial charge in [-0.2, -0.15) is 0 Å². The molecule has 15 heavy (non-hydrogen) atoms. The first-order valence-corrected chi connectivity index (χ1v) is 5.12. The van der Waals surface area contributed by atoms with Gasteiger partial charge in [0.15, 0.2) is 0 Å². The minimum absolute atomic E-state index is 0.0950. The lowest BCUT2D eigenvalue weighted by Crippen LogP contribution is -2.32. The van der Waals surface area contributed by atoms with Gasteiger partial charge in [-0.15, -0.1) is 0 Å². The molecule has 1 aromatic rings. The van der Waals surface area contributed by atoms with Crippen molar-refractivity contribution < 1.29 is 14.6 Å². The zero-order valence-corrected chi connectivity index (χ0v) is 8.43. The van der Waals surface area contributed by atoms with E-state index in [0.29, 0.717) is 19.6 Å². The smallest absolute Gasteiger partial charge is 0.143 e. The van der Waals surface area contributed by atoms with Crippen LogP contribution in [0.3, 0.4) is 0 Å². The lowest BCUT2D eigenvalue weighted by molar-refractivity contribution is -0.136.